The number of ether oxygens (including phenoxy) is 1. The molecule has 29 heavy (non-hydrogen) atoms. The highest BCUT2D eigenvalue weighted by molar-refractivity contribution is 5.97. The van der Waals surface area contributed by atoms with Crippen molar-refractivity contribution < 1.29 is 9.53 Å². The Morgan fingerprint density at radius 1 is 1.07 bits per heavy atom. The van der Waals surface area contributed by atoms with E-state index in [1.807, 2.05) is 48.5 Å². The molecule has 0 bridgehead atoms. The second-order valence-corrected chi connectivity index (χ2v) is 6.56. The van der Waals surface area contributed by atoms with Gasteiger partial charge in [0.25, 0.3) is 0 Å². The van der Waals surface area contributed by atoms with Crippen molar-refractivity contribution in [2.75, 3.05) is 18.2 Å². The minimum Gasteiger partial charge on any atom is -0.465 e. The average Bonchev–Trinajstić information content (AvgIpc) is 2.77. The van der Waals surface area contributed by atoms with Gasteiger partial charge in [-0.25, -0.2) is 14.8 Å². The zero-order valence-corrected chi connectivity index (χ0v) is 15.9. The summed E-state index contributed by atoms with van der Waals surface area (Å²) >= 11 is 0. The average molecular weight is 384 g/mol. The van der Waals surface area contributed by atoms with Crippen LogP contribution in [0.4, 0.5) is 11.5 Å². The number of nitrogens with one attached hydrogen (secondary N) is 1. The number of anilines is 2. The lowest BCUT2D eigenvalue weighted by Gasteiger charge is -2.10. The Balaban J connectivity index is 1.61. The highest BCUT2D eigenvalue weighted by Gasteiger charge is 2.13. The molecular formula is C23H20N4O2. The molecule has 4 aromatic rings. The van der Waals surface area contributed by atoms with E-state index in [1.54, 1.807) is 18.3 Å². The molecule has 144 valence electrons. The summed E-state index contributed by atoms with van der Waals surface area (Å²) in [6.45, 7) is 0.601. The summed E-state index contributed by atoms with van der Waals surface area (Å²) in [5, 5.41) is 4.26. The van der Waals surface area contributed by atoms with Gasteiger partial charge in [-0.15, -0.1) is 0 Å². The number of methoxy groups -OCH3 is 1. The maximum atomic E-state index is 12.1. The molecule has 0 saturated carbocycles. The number of rotatable bonds is 5. The highest BCUT2D eigenvalue weighted by atomic mass is 16.5. The number of fused-ring (bicyclic) bond motifs is 1. The van der Waals surface area contributed by atoms with E-state index in [1.165, 1.54) is 7.11 Å². The molecular weight excluding hydrogens is 364 g/mol. The number of nitrogens with two attached hydrogens (primary N) is 1. The van der Waals surface area contributed by atoms with Crippen molar-refractivity contribution in [3.05, 3.63) is 84.1 Å². The van der Waals surface area contributed by atoms with Gasteiger partial charge in [0.2, 0.25) is 0 Å². The van der Waals surface area contributed by atoms with Crippen molar-refractivity contribution in [2.24, 2.45) is 0 Å². The fourth-order valence-electron chi connectivity index (χ4n) is 3.18. The monoisotopic (exact) mass is 384 g/mol. The Kier molecular flexibility index (Phi) is 5.07. The first-order valence-electron chi connectivity index (χ1n) is 9.17. The predicted octanol–water partition coefficient (Wildman–Crippen LogP) is 4.28. The van der Waals surface area contributed by atoms with Crippen molar-refractivity contribution in [1.29, 1.82) is 0 Å². The molecule has 3 N–H and O–H groups in total. The minimum absolute atomic E-state index is 0.377. The number of esters is 1. The first kappa shape index (κ1) is 18.4. The van der Waals surface area contributed by atoms with Crippen LogP contribution in [0.2, 0.25) is 0 Å². The Hall–Kier alpha value is -3.93. The number of carbonyl (C=O) groups is 1. The van der Waals surface area contributed by atoms with Crippen LogP contribution in [0.25, 0.3) is 22.2 Å². The van der Waals surface area contributed by atoms with E-state index in [0.29, 0.717) is 23.6 Å². The predicted molar refractivity (Wildman–Crippen MR) is 114 cm³/mol. The van der Waals surface area contributed by atoms with Crippen molar-refractivity contribution in [3.63, 3.8) is 0 Å². The summed E-state index contributed by atoms with van der Waals surface area (Å²) in [6.07, 6.45) is 1.71. The lowest BCUT2D eigenvalue weighted by atomic mass is 10.0. The van der Waals surface area contributed by atoms with E-state index in [9.17, 15) is 4.79 Å². The molecule has 0 atom stereocenters. The van der Waals surface area contributed by atoms with Crippen molar-refractivity contribution in [2.45, 2.75) is 6.54 Å². The van der Waals surface area contributed by atoms with Crippen molar-refractivity contribution in [1.82, 2.24) is 9.97 Å². The van der Waals surface area contributed by atoms with Gasteiger partial charge in [-0.3, -0.25) is 0 Å². The van der Waals surface area contributed by atoms with E-state index in [2.05, 4.69) is 16.4 Å². The normalized spacial score (nSPS) is 10.7. The summed E-state index contributed by atoms with van der Waals surface area (Å²) in [6, 6.07) is 20.9. The zero-order valence-electron chi connectivity index (χ0n) is 15.9. The summed E-state index contributed by atoms with van der Waals surface area (Å²) in [5.74, 6) is 0.290. The van der Waals surface area contributed by atoms with Gasteiger partial charge in [-0.1, -0.05) is 30.3 Å². The van der Waals surface area contributed by atoms with E-state index in [-0.39, 0.29) is 5.97 Å². The van der Waals surface area contributed by atoms with Crippen molar-refractivity contribution in [3.8, 4) is 11.3 Å². The topological polar surface area (TPSA) is 90.1 Å². The highest BCUT2D eigenvalue weighted by Crippen LogP contribution is 2.26. The fraction of sp³-hybridized carbons (Fsp3) is 0.0870. The lowest BCUT2D eigenvalue weighted by Crippen LogP contribution is -2.04. The minimum atomic E-state index is -0.377. The van der Waals surface area contributed by atoms with Crippen LogP contribution >= 0.6 is 0 Å². The van der Waals surface area contributed by atoms with Crippen LogP contribution in [0.5, 0.6) is 0 Å². The Bertz CT molecular complexity index is 1190. The Morgan fingerprint density at radius 2 is 1.93 bits per heavy atom. The maximum Gasteiger partial charge on any atom is 0.338 e. The van der Waals surface area contributed by atoms with Crippen LogP contribution in [-0.4, -0.2) is 23.0 Å². The SMILES string of the molecule is COC(=O)c1ccccc1-c1ccc2cc(CNc3ncccc3N)ccc2n1. The molecule has 2 heterocycles. The Labute approximate surface area is 168 Å². The molecule has 6 nitrogen and oxygen atoms in total. The molecule has 2 aromatic heterocycles. The molecule has 0 amide bonds. The van der Waals surface area contributed by atoms with Crippen molar-refractivity contribution >= 4 is 28.4 Å². The summed E-state index contributed by atoms with van der Waals surface area (Å²) in [5.41, 5.74) is 10.4. The number of nitrogens with zero attached hydrogens (tertiary/aromatic N) is 2. The number of aromatic nitrogens is 2. The van der Waals surface area contributed by atoms with Crippen LogP contribution in [0, 0.1) is 0 Å². The van der Waals surface area contributed by atoms with Gasteiger partial charge >= 0.3 is 5.97 Å². The molecule has 0 aliphatic rings. The van der Waals surface area contributed by atoms with Crippen LogP contribution in [0.1, 0.15) is 15.9 Å². The molecule has 6 heteroatoms. The number of nitrogen functional groups attached to an aromatic ring is 1. The van der Waals surface area contributed by atoms with E-state index in [0.717, 1.165) is 27.7 Å². The van der Waals surface area contributed by atoms with Gasteiger partial charge in [-0.05, 0) is 42.0 Å². The molecule has 0 saturated heterocycles. The molecule has 4 rings (SSSR count). The Morgan fingerprint density at radius 3 is 2.76 bits per heavy atom. The summed E-state index contributed by atoms with van der Waals surface area (Å²) in [4.78, 5) is 21.0. The second kappa shape index (κ2) is 7.98. The molecule has 0 aliphatic carbocycles. The maximum absolute atomic E-state index is 12.1. The summed E-state index contributed by atoms with van der Waals surface area (Å²) in [7, 11) is 1.38. The third kappa shape index (κ3) is 3.87. The number of carbonyl (C=O) groups excluding carboxylic acids is 1. The lowest BCUT2D eigenvalue weighted by molar-refractivity contribution is 0.0601. The molecule has 0 radical (unpaired) electrons. The van der Waals surface area contributed by atoms with Crippen LogP contribution in [0.3, 0.4) is 0 Å². The van der Waals surface area contributed by atoms with Gasteiger partial charge in [-0.2, -0.15) is 0 Å². The van der Waals surface area contributed by atoms with E-state index in [4.69, 9.17) is 15.5 Å². The molecule has 2 aromatic carbocycles. The molecule has 0 unspecified atom stereocenters. The second-order valence-electron chi connectivity index (χ2n) is 6.56. The van der Waals surface area contributed by atoms with E-state index < -0.39 is 0 Å². The van der Waals surface area contributed by atoms with Crippen LogP contribution in [0.15, 0.2) is 72.9 Å². The zero-order chi connectivity index (χ0) is 20.2. The summed E-state index contributed by atoms with van der Waals surface area (Å²) < 4.78 is 4.89. The third-order valence-electron chi connectivity index (χ3n) is 4.66. The van der Waals surface area contributed by atoms with Gasteiger partial charge in [0.15, 0.2) is 0 Å². The van der Waals surface area contributed by atoms with Crippen LogP contribution < -0.4 is 11.1 Å². The first-order chi connectivity index (χ1) is 14.2. The van der Waals surface area contributed by atoms with Gasteiger partial charge < -0.3 is 15.8 Å². The quantitative estimate of drug-likeness (QED) is 0.499. The van der Waals surface area contributed by atoms with Gasteiger partial charge in [0.1, 0.15) is 5.82 Å². The molecule has 0 aliphatic heterocycles. The number of hydrogen-bond acceptors (Lipinski definition) is 6. The number of hydrogen-bond donors (Lipinski definition) is 2. The van der Waals surface area contributed by atoms with E-state index >= 15 is 0 Å². The fourth-order valence-corrected chi connectivity index (χ4v) is 3.18. The number of pyridine rings is 2. The first-order valence-corrected chi connectivity index (χ1v) is 9.17. The van der Waals surface area contributed by atoms with Gasteiger partial charge in [0.05, 0.1) is 29.6 Å². The van der Waals surface area contributed by atoms with Gasteiger partial charge in [0, 0.05) is 23.7 Å². The standard InChI is InChI=1S/C23H20N4O2/c1-29-23(28)18-6-3-2-5-17(18)21-11-9-16-13-15(8-10-20(16)27-21)14-26-22-19(24)7-4-12-25-22/h2-13H,14,24H2,1H3,(H,25,26). The smallest absolute Gasteiger partial charge is 0.338 e. The molecule has 0 spiro atoms. The number of benzene rings is 2. The molecule has 0 fully saturated rings. The largest absolute Gasteiger partial charge is 0.465 e. The third-order valence-corrected chi connectivity index (χ3v) is 4.66. The van der Waals surface area contributed by atoms with Crippen LogP contribution in [-0.2, 0) is 11.3 Å².